The molecular formula is C81H64. The molecule has 4 aliphatic carbocycles. The molecule has 12 aromatic rings. The van der Waals surface area contributed by atoms with Crippen molar-refractivity contribution >= 4 is 21.5 Å². The van der Waals surface area contributed by atoms with Crippen LogP contribution in [0.25, 0.3) is 66.1 Å². The van der Waals surface area contributed by atoms with Gasteiger partial charge in [-0.25, -0.2) is 0 Å². The topological polar surface area (TPSA) is 0 Å². The van der Waals surface area contributed by atoms with Crippen LogP contribution in [0.2, 0.25) is 0 Å². The fourth-order valence-corrected chi connectivity index (χ4v) is 16.6. The van der Waals surface area contributed by atoms with Crippen LogP contribution < -0.4 is 0 Å². The van der Waals surface area contributed by atoms with Crippen LogP contribution in [0.5, 0.6) is 0 Å². The molecule has 0 heteroatoms. The Labute approximate surface area is 477 Å². The monoisotopic (exact) mass is 1040 g/mol. The van der Waals surface area contributed by atoms with Crippen molar-refractivity contribution in [2.75, 3.05) is 0 Å². The minimum absolute atomic E-state index is 0.0954. The van der Waals surface area contributed by atoms with E-state index in [2.05, 4.69) is 272 Å². The molecule has 0 aliphatic heterocycles. The van der Waals surface area contributed by atoms with Gasteiger partial charge in [0.1, 0.15) is 0 Å². The first-order valence-corrected chi connectivity index (χ1v) is 29.4. The highest BCUT2D eigenvalue weighted by Gasteiger charge is 2.49. The maximum atomic E-state index is 2.53. The van der Waals surface area contributed by atoms with E-state index in [1.165, 1.54) is 166 Å². The summed E-state index contributed by atoms with van der Waals surface area (Å²) < 4.78 is 0. The lowest BCUT2D eigenvalue weighted by Crippen LogP contribution is -2.28. The fraction of sp³-hybridized carbons (Fsp3) is 0.160. The lowest BCUT2D eigenvalue weighted by molar-refractivity contribution is 0.530. The highest BCUT2D eigenvalue weighted by atomic mass is 14.5. The van der Waals surface area contributed by atoms with Crippen molar-refractivity contribution in [2.45, 2.75) is 83.5 Å². The zero-order valence-electron chi connectivity index (χ0n) is 47.3. The van der Waals surface area contributed by atoms with Crippen molar-refractivity contribution in [2.24, 2.45) is 0 Å². The fourth-order valence-electron chi connectivity index (χ4n) is 16.6. The van der Waals surface area contributed by atoms with Crippen molar-refractivity contribution < 1.29 is 0 Å². The highest BCUT2D eigenvalue weighted by molar-refractivity contribution is 6.19. The van der Waals surface area contributed by atoms with Crippen LogP contribution in [0.15, 0.2) is 231 Å². The van der Waals surface area contributed by atoms with Crippen molar-refractivity contribution in [1.82, 2.24) is 0 Å². The van der Waals surface area contributed by atoms with Gasteiger partial charge < -0.3 is 0 Å². The summed E-state index contributed by atoms with van der Waals surface area (Å²) in [5.74, 6) is 0. The molecule has 0 amide bonds. The third kappa shape index (κ3) is 6.71. The zero-order valence-corrected chi connectivity index (χ0v) is 47.3. The second-order valence-corrected chi connectivity index (χ2v) is 24.8. The zero-order chi connectivity index (χ0) is 54.5. The van der Waals surface area contributed by atoms with Gasteiger partial charge in [0, 0.05) is 10.8 Å². The Hall–Kier alpha value is -8.84. The van der Waals surface area contributed by atoms with Crippen LogP contribution in [-0.4, -0.2) is 0 Å². The summed E-state index contributed by atoms with van der Waals surface area (Å²) in [5.41, 5.74) is 34.9. The number of hydrogen-bond acceptors (Lipinski definition) is 0. The summed E-state index contributed by atoms with van der Waals surface area (Å²) in [6.07, 6.45) is 3.81. The molecule has 0 nitrogen and oxygen atoms in total. The van der Waals surface area contributed by atoms with E-state index < -0.39 is 5.41 Å². The Morgan fingerprint density at radius 3 is 1.80 bits per heavy atom. The predicted molar refractivity (Wildman–Crippen MR) is 339 cm³/mol. The molecule has 3 atom stereocenters. The van der Waals surface area contributed by atoms with E-state index in [0.717, 1.165) is 25.7 Å². The van der Waals surface area contributed by atoms with Crippen molar-refractivity contribution in [1.29, 1.82) is 0 Å². The lowest BCUT2D eigenvalue weighted by Gasteiger charge is -2.34. The molecule has 3 unspecified atom stereocenters. The Bertz CT molecular complexity index is 4640. The molecule has 0 heterocycles. The molecule has 4 aliphatic rings. The molecule has 0 bridgehead atoms. The van der Waals surface area contributed by atoms with Gasteiger partial charge >= 0.3 is 0 Å². The third-order valence-corrected chi connectivity index (χ3v) is 20.1. The minimum atomic E-state index is -0.491. The molecule has 0 fully saturated rings. The third-order valence-electron chi connectivity index (χ3n) is 20.1. The van der Waals surface area contributed by atoms with E-state index in [0.29, 0.717) is 0 Å². The second kappa shape index (κ2) is 17.6. The van der Waals surface area contributed by atoms with Crippen LogP contribution in [0.1, 0.15) is 120 Å². The molecule has 16 rings (SSSR count). The van der Waals surface area contributed by atoms with E-state index in [1.54, 1.807) is 0 Å². The quantitative estimate of drug-likeness (QED) is 0.133. The molecule has 81 heavy (non-hydrogen) atoms. The number of hydrogen-bond donors (Lipinski definition) is 0. The maximum Gasteiger partial charge on any atom is 0.0713 e. The van der Waals surface area contributed by atoms with Gasteiger partial charge in [-0.2, -0.15) is 0 Å². The van der Waals surface area contributed by atoms with Crippen LogP contribution >= 0.6 is 0 Å². The van der Waals surface area contributed by atoms with Gasteiger partial charge in [-0.1, -0.05) is 254 Å². The molecule has 12 aromatic carbocycles. The Morgan fingerprint density at radius 2 is 0.988 bits per heavy atom. The average Bonchev–Trinajstić information content (AvgIpc) is 3.89. The first-order valence-electron chi connectivity index (χ1n) is 29.4. The predicted octanol–water partition coefficient (Wildman–Crippen LogP) is 20.0. The van der Waals surface area contributed by atoms with Gasteiger partial charge in [0.15, 0.2) is 0 Å². The summed E-state index contributed by atoms with van der Waals surface area (Å²) >= 11 is 0. The Morgan fingerprint density at radius 1 is 0.358 bits per heavy atom. The lowest BCUT2D eigenvalue weighted by atomic mass is 9.67. The number of aryl methyl sites for hydroxylation is 5. The Balaban J connectivity index is 0.802. The summed E-state index contributed by atoms with van der Waals surface area (Å²) in [6.45, 7) is 14.1. The first kappa shape index (κ1) is 48.1. The second-order valence-electron chi connectivity index (χ2n) is 24.8. The van der Waals surface area contributed by atoms with Crippen LogP contribution in [0.3, 0.4) is 0 Å². The molecule has 388 valence electrons. The first-order chi connectivity index (χ1) is 39.5. The molecule has 0 saturated carbocycles. The molecular weight excluding hydrogens is 973 g/mol. The number of rotatable bonds is 8. The molecule has 0 spiro atoms. The molecule has 0 saturated heterocycles. The Kier molecular flexibility index (Phi) is 10.4. The molecule has 0 radical (unpaired) electrons. The van der Waals surface area contributed by atoms with Crippen molar-refractivity contribution in [3.63, 3.8) is 0 Å². The smallest absolute Gasteiger partial charge is 0.0619 e. The summed E-state index contributed by atoms with van der Waals surface area (Å²) in [7, 11) is 0. The van der Waals surface area contributed by atoms with E-state index in [1.807, 2.05) is 0 Å². The van der Waals surface area contributed by atoms with Gasteiger partial charge in [-0.15, -0.1) is 0 Å². The molecule has 0 aromatic heterocycles. The van der Waals surface area contributed by atoms with Crippen molar-refractivity contribution in [3.05, 3.63) is 331 Å². The minimum Gasteiger partial charge on any atom is -0.0619 e. The van der Waals surface area contributed by atoms with Crippen LogP contribution in [-0.2, 0) is 35.5 Å². The van der Waals surface area contributed by atoms with Gasteiger partial charge in [-0.05, 0) is 210 Å². The highest BCUT2D eigenvalue weighted by Crippen LogP contribution is 2.62. The van der Waals surface area contributed by atoms with Gasteiger partial charge in [0.05, 0.1) is 5.41 Å². The number of fused-ring (bicyclic) bond motifs is 17. The van der Waals surface area contributed by atoms with Crippen molar-refractivity contribution in [3.8, 4) is 44.5 Å². The van der Waals surface area contributed by atoms with Gasteiger partial charge in [0.25, 0.3) is 0 Å². The summed E-state index contributed by atoms with van der Waals surface area (Å²) in [5, 5.41) is 5.33. The van der Waals surface area contributed by atoms with E-state index in [-0.39, 0.29) is 10.8 Å². The van der Waals surface area contributed by atoms with Crippen LogP contribution in [0.4, 0.5) is 0 Å². The summed E-state index contributed by atoms with van der Waals surface area (Å²) in [4.78, 5) is 0. The standard InChI is InChI=1S/C81H64/c1-49-29-35-58(36-30-49)81(70-27-14-12-24-66(70)74-55(19-16-28-71(74)81)41-42-79(5)69-26-13-11-22-62(69)65-25-15-17-52(4)77(65)79)59-37-32-53(33-38-59)46-54-34-40-63-68(47-54)61-21-9-10-23-64(61)78-76(63)67-39-31-50(2)44-72(67)80(78,6)73-45-51(3)43-57-48-56-18-7-8-20-60(56)75(57)73/h7-40,43-45,47H,41-42,46,48H2,1-6H3. The van der Waals surface area contributed by atoms with Gasteiger partial charge in [-0.3, -0.25) is 0 Å². The maximum absolute atomic E-state index is 2.53. The van der Waals surface area contributed by atoms with Crippen LogP contribution in [0, 0.1) is 27.7 Å². The SMILES string of the molecule is Cc1ccc(C2(c3ccc(Cc4ccc5c6c(c7ccccc7c5c4)C(C)(c4cc(C)cc5c4-c4ccccc4C5)c4cc(C)ccc4-6)cc3)c3ccccc3-c3c(CCC4(C)c5ccccc5-c5cccc(C)c54)cccc32)cc1. The largest absolute Gasteiger partial charge is 0.0713 e. The summed E-state index contributed by atoms with van der Waals surface area (Å²) in [6, 6.07) is 89.6. The normalized spacial score (nSPS) is 18.5. The van der Waals surface area contributed by atoms with E-state index >= 15 is 0 Å². The number of benzene rings is 12. The van der Waals surface area contributed by atoms with E-state index in [9.17, 15) is 0 Å². The van der Waals surface area contributed by atoms with E-state index in [4.69, 9.17) is 0 Å². The average molecular weight is 1040 g/mol. The molecule has 0 N–H and O–H groups in total. The van der Waals surface area contributed by atoms with Gasteiger partial charge in [0.2, 0.25) is 0 Å².